The van der Waals surface area contributed by atoms with E-state index in [4.69, 9.17) is 5.11 Å². The van der Waals surface area contributed by atoms with E-state index in [0.29, 0.717) is 4.47 Å². The number of carboxylic acid groups (broad SMARTS) is 1. The number of benzene rings is 2. The monoisotopic (exact) mass is 359 g/mol. The molecule has 7 heteroatoms. The van der Waals surface area contributed by atoms with Crippen molar-refractivity contribution in [3.8, 4) is 0 Å². The zero-order chi connectivity index (χ0) is 15.6. The smallest absolute Gasteiger partial charge is 0.416 e. The van der Waals surface area contributed by atoms with Crippen molar-refractivity contribution in [2.24, 2.45) is 0 Å². The van der Waals surface area contributed by atoms with E-state index in [1.165, 1.54) is 24.3 Å². The Labute approximate surface area is 126 Å². The van der Waals surface area contributed by atoms with Gasteiger partial charge in [0.2, 0.25) is 0 Å². The van der Waals surface area contributed by atoms with Gasteiger partial charge in [0.25, 0.3) is 0 Å². The standard InChI is InChI=1S/C14H9BrF3NO2/c15-10-6-5-8(14(16,17)18)7-12(10)19-11-4-2-1-3-9(11)13(20)21/h1-7,19H,(H,20,21). The summed E-state index contributed by atoms with van der Waals surface area (Å²) in [6.07, 6.45) is -4.47. The van der Waals surface area contributed by atoms with Crippen LogP contribution in [-0.4, -0.2) is 11.1 Å². The number of carbonyl (C=O) groups is 1. The van der Waals surface area contributed by atoms with Gasteiger partial charge in [-0.05, 0) is 46.3 Å². The lowest BCUT2D eigenvalue weighted by atomic mass is 10.1. The number of alkyl halides is 3. The molecule has 3 nitrogen and oxygen atoms in total. The molecule has 0 radical (unpaired) electrons. The Morgan fingerprint density at radius 3 is 2.38 bits per heavy atom. The highest BCUT2D eigenvalue weighted by Crippen LogP contribution is 2.35. The molecule has 0 heterocycles. The largest absolute Gasteiger partial charge is 0.478 e. The van der Waals surface area contributed by atoms with Crippen LogP contribution >= 0.6 is 15.9 Å². The third-order valence-corrected chi connectivity index (χ3v) is 3.41. The van der Waals surface area contributed by atoms with Gasteiger partial charge in [-0.3, -0.25) is 0 Å². The van der Waals surface area contributed by atoms with E-state index in [2.05, 4.69) is 21.2 Å². The minimum Gasteiger partial charge on any atom is -0.478 e. The molecule has 0 atom stereocenters. The second kappa shape index (κ2) is 5.77. The zero-order valence-corrected chi connectivity index (χ0v) is 12.0. The third-order valence-electron chi connectivity index (χ3n) is 2.72. The van der Waals surface area contributed by atoms with Gasteiger partial charge in [-0.1, -0.05) is 12.1 Å². The molecule has 2 aromatic rings. The van der Waals surface area contributed by atoms with Gasteiger partial charge in [0, 0.05) is 4.47 Å². The van der Waals surface area contributed by atoms with Gasteiger partial charge in [0.05, 0.1) is 22.5 Å². The van der Waals surface area contributed by atoms with E-state index >= 15 is 0 Å². The van der Waals surface area contributed by atoms with Gasteiger partial charge in [-0.25, -0.2) is 4.79 Å². The number of hydrogen-bond acceptors (Lipinski definition) is 2. The Morgan fingerprint density at radius 2 is 1.76 bits per heavy atom. The maximum absolute atomic E-state index is 12.7. The van der Waals surface area contributed by atoms with Crippen molar-refractivity contribution in [1.82, 2.24) is 0 Å². The van der Waals surface area contributed by atoms with Crippen molar-refractivity contribution in [3.63, 3.8) is 0 Å². The molecule has 2 aromatic carbocycles. The number of aromatic carboxylic acids is 1. The number of nitrogens with one attached hydrogen (secondary N) is 1. The van der Waals surface area contributed by atoms with Crippen LogP contribution in [0.25, 0.3) is 0 Å². The lowest BCUT2D eigenvalue weighted by Gasteiger charge is -2.14. The van der Waals surface area contributed by atoms with Crippen molar-refractivity contribution in [1.29, 1.82) is 0 Å². The second-order valence-corrected chi connectivity index (χ2v) is 5.02. The fraction of sp³-hybridized carbons (Fsp3) is 0.0714. The summed E-state index contributed by atoms with van der Waals surface area (Å²) >= 11 is 3.14. The highest BCUT2D eigenvalue weighted by molar-refractivity contribution is 9.10. The average Bonchev–Trinajstić information content (AvgIpc) is 2.40. The lowest BCUT2D eigenvalue weighted by molar-refractivity contribution is -0.137. The number of anilines is 2. The predicted octanol–water partition coefficient (Wildman–Crippen LogP) is 4.91. The fourth-order valence-corrected chi connectivity index (χ4v) is 2.07. The molecule has 21 heavy (non-hydrogen) atoms. The molecule has 0 aliphatic carbocycles. The predicted molar refractivity (Wildman–Crippen MR) is 75.8 cm³/mol. The normalized spacial score (nSPS) is 11.2. The van der Waals surface area contributed by atoms with E-state index < -0.39 is 17.7 Å². The Morgan fingerprint density at radius 1 is 1.10 bits per heavy atom. The first-order valence-corrected chi connectivity index (χ1v) is 6.54. The summed E-state index contributed by atoms with van der Waals surface area (Å²) < 4.78 is 38.5. The summed E-state index contributed by atoms with van der Waals surface area (Å²) in [5.41, 5.74) is -0.494. The van der Waals surface area contributed by atoms with Crippen molar-refractivity contribution in [2.75, 3.05) is 5.32 Å². The molecule has 0 saturated heterocycles. The quantitative estimate of drug-likeness (QED) is 0.818. The first-order chi connectivity index (χ1) is 9.79. The maximum atomic E-state index is 12.7. The Bertz CT molecular complexity index is 686. The number of halogens is 4. The van der Waals surface area contributed by atoms with Crippen LogP contribution in [0.15, 0.2) is 46.9 Å². The summed E-state index contributed by atoms with van der Waals surface area (Å²) in [6, 6.07) is 9.10. The van der Waals surface area contributed by atoms with Gasteiger partial charge in [-0.2, -0.15) is 13.2 Å². The van der Waals surface area contributed by atoms with Crippen LogP contribution in [0.4, 0.5) is 24.5 Å². The van der Waals surface area contributed by atoms with E-state index in [1.54, 1.807) is 6.07 Å². The minimum atomic E-state index is -4.47. The SMILES string of the molecule is O=C(O)c1ccccc1Nc1cc(C(F)(F)F)ccc1Br. The van der Waals surface area contributed by atoms with Gasteiger partial charge >= 0.3 is 12.1 Å². The number of rotatable bonds is 3. The van der Waals surface area contributed by atoms with Crippen molar-refractivity contribution < 1.29 is 23.1 Å². The van der Waals surface area contributed by atoms with Gasteiger partial charge < -0.3 is 10.4 Å². The van der Waals surface area contributed by atoms with Crippen LogP contribution in [0.1, 0.15) is 15.9 Å². The number of carboxylic acids is 1. The Kier molecular flexibility index (Phi) is 4.22. The molecule has 0 saturated carbocycles. The molecular formula is C14H9BrF3NO2. The van der Waals surface area contributed by atoms with Gasteiger partial charge in [-0.15, -0.1) is 0 Å². The van der Waals surface area contributed by atoms with Crippen molar-refractivity contribution >= 4 is 33.3 Å². The minimum absolute atomic E-state index is 0.0261. The van der Waals surface area contributed by atoms with Crippen LogP contribution in [0.2, 0.25) is 0 Å². The van der Waals surface area contributed by atoms with Crippen LogP contribution < -0.4 is 5.32 Å². The molecule has 0 spiro atoms. The molecule has 0 aliphatic rings. The summed E-state index contributed by atoms with van der Waals surface area (Å²) in [5, 5.41) is 11.8. The third kappa shape index (κ3) is 3.55. The molecule has 0 amide bonds. The Balaban J connectivity index is 2.43. The second-order valence-electron chi connectivity index (χ2n) is 4.17. The summed E-state index contributed by atoms with van der Waals surface area (Å²) in [6.45, 7) is 0. The molecule has 0 fully saturated rings. The molecule has 2 N–H and O–H groups in total. The first-order valence-electron chi connectivity index (χ1n) is 5.75. The summed E-state index contributed by atoms with van der Waals surface area (Å²) in [5.74, 6) is -1.17. The zero-order valence-electron chi connectivity index (χ0n) is 10.4. The van der Waals surface area contributed by atoms with Crippen LogP contribution in [0.3, 0.4) is 0 Å². The molecular weight excluding hydrogens is 351 g/mol. The summed E-state index contributed by atoms with van der Waals surface area (Å²) in [7, 11) is 0. The average molecular weight is 360 g/mol. The molecule has 2 rings (SSSR count). The molecule has 0 bridgehead atoms. The molecule has 110 valence electrons. The van der Waals surface area contributed by atoms with Gasteiger partial charge in [0.1, 0.15) is 0 Å². The number of hydrogen-bond donors (Lipinski definition) is 2. The fourth-order valence-electron chi connectivity index (χ4n) is 1.72. The van der Waals surface area contributed by atoms with E-state index in [-0.39, 0.29) is 16.9 Å². The first kappa shape index (κ1) is 15.4. The van der Waals surface area contributed by atoms with Crippen molar-refractivity contribution in [3.05, 3.63) is 58.1 Å². The van der Waals surface area contributed by atoms with Gasteiger partial charge in [0.15, 0.2) is 0 Å². The molecule has 0 aliphatic heterocycles. The van der Waals surface area contributed by atoms with Crippen molar-refractivity contribution in [2.45, 2.75) is 6.18 Å². The van der Waals surface area contributed by atoms with E-state index in [1.807, 2.05) is 0 Å². The van der Waals surface area contributed by atoms with Crippen LogP contribution in [-0.2, 0) is 6.18 Å². The highest BCUT2D eigenvalue weighted by atomic mass is 79.9. The van der Waals surface area contributed by atoms with Crippen LogP contribution in [0, 0.1) is 0 Å². The van der Waals surface area contributed by atoms with E-state index in [0.717, 1.165) is 12.1 Å². The topological polar surface area (TPSA) is 49.3 Å². The van der Waals surface area contributed by atoms with Crippen LogP contribution in [0.5, 0.6) is 0 Å². The molecule has 0 unspecified atom stereocenters. The highest BCUT2D eigenvalue weighted by Gasteiger charge is 2.31. The molecule has 0 aromatic heterocycles. The number of para-hydroxylation sites is 1. The van der Waals surface area contributed by atoms with E-state index in [9.17, 15) is 18.0 Å². The summed E-state index contributed by atoms with van der Waals surface area (Å²) in [4.78, 5) is 11.1. The Hall–Kier alpha value is -2.02. The maximum Gasteiger partial charge on any atom is 0.416 e. The lowest BCUT2D eigenvalue weighted by Crippen LogP contribution is -2.07.